The Morgan fingerprint density at radius 3 is 1.73 bits per heavy atom. The lowest BCUT2D eigenvalue weighted by molar-refractivity contribution is 0.641. The summed E-state index contributed by atoms with van der Waals surface area (Å²) in [5, 5.41) is 0. The third kappa shape index (κ3) is 21.1. The van der Waals surface area contributed by atoms with Gasteiger partial charge in [-0.1, -0.05) is 40.9 Å². The summed E-state index contributed by atoms with van der Waals surface area (Å²) < 4.78 is 0. The van der Waals surface area contributed by atoms with Crippen LogP contribution >= 0.6 is 46.4 Å². The van der Waals surface area contributed by atoms with Crippen molar-refractivity contribution in [3.8, 4) is 0 Å². The van der Waals surface area contributed by atoms with E-state index in [1.54, 1.807) is 0 Å². The summed E-state index contributed by atoms with van der Waals surface area (Å²) in [5.41, 5.74) is 10.8. The summed E-state index contributed by atoms with van der Waals surface area (Å²) in [7, 11) is 3.85. The Bertz CT molecular complexity index is 90.2. The number of halogens is 2. The highest BCUT2D eigenvalue weighted by Gasteiger charge is 1.91. The lowest BCUT2D eigenvalue weighted by Gasteiger charge is -2.00. The van der Waals surface area contributed by atoms with E-state index in [9.17, 15) is 0 Å². The Balaban J connectivity index is -0.000000720. The SMILES string of the molecule is Cl.Cl.NCCCCCCCSSCCN. The van der Waals surface area contributed by atoms with Gasteiger partial charge in [-0.15, -0.1) is 24.8 Å². The van der Waals surface area contributed by atoms with Crippen molar-refractivity contribution in [1.29, 1.82) is 0 Å². The van der Waals surface area contributed by atoms with Gasteiger partial charge in [0.2, 0.25) is 0 Å². The molecule has 0 rings (SSSR count). The van der Waals surface area contributed by atoms with Gasteiger partial charge in [0, 0.05) is 18.1 Å². The highest BCUT2D eigenvalue weighted by molar-refractivity contribution is 8.76. The van der Waals surface area contributed by atoms with E-state index >= 15 is 0 Å². The number of nitrogens with two attached hydrogens (primary N) is 2. The predicted octanol–water partition coefficient (Wildman–Crippen LogP) is 3.08. The first kappa shape index (κ1) is 21.5. The zero-order valence-corrected chi connectivity index (χ0v) is 12.4. The van der Waals surface area contributed by atoms with Gasteiger partial charge in [0.05, 0.1) is 0 Å². The Morgan fingerprint density at radius 2 is 1.13 bits per heavy atom. The summed E-state index contributed by atoms with van der Waals surface area (Å²) in [4.78, 5) is 0. The maximum Gasteiger partial charge on any atom is 0.0160 e. The fraction of sp³-hybridized carbons (Fsp3) is 1.00. The number of hydrogen-bond acceptors (Lipinski definition) is 4. The number of rotatable bonds is 10. The van der Waals surface area contributed by atoms with Crippen LogP contribution in [-0.2, 0) is 0 Å². The van der Waals surface area contributed by atoms with Gasteiger partial charge < -0.3 is 11.5 Å². The lowest BCUT2D eigenvalue weighted by atomic mass is 10.2. The highest BCUT2D eigenvalue weighted by atomic mass is 35.5. The minimum atomic E-state index is 0. The molecule has 0 heterocycles. The van der Waals surface area contributed by atoms with Crippen LogP contribution in [0, 0.1) is 0 Å². The van der Waals surface area contributed by atoms with Crippen LogP contribution in [0.25, 0.3) is 0 Å². The van der Waals surface area contributed by atoms with Crippen molar-refractivity contribution >= 4 is 46.4 Å². The lowest BCUT2D eigenvalue weighted by Crippen LogP contribution is -1.99. The summed E-state index contributed by atoms with van der Waals surface area (Å²) in [6, 6.07) is 0. The molecule has 0 saturated carbocycles. The number of hydrogen-bond donors (Lipinski definition) is 2. The smallest absolute Gasteiger partial charge is 0.0160 e. The maximum atomic E-state index is 5.40. The van der Waals surface area contributed by atoms with E-state index in [1.807, 2.05) is 21.6 Å². The van der Waals surface area contributed by atoms with Crippen LogP contribution in [0.15, 0.2) is 0 Å². The molecule has 0 unspecified atom stereocenters. The summed E-state index contributed by atoms with van der Waals surface area (Å²) in [6.07, 6.45) is 6.54. The molecule has 0 radical (unpaired) electrons. The molecule has 96 valence electrons. The van der Waals surface area contributed by atoms with E-state index in [1.165, 1.54) is 37.9 Å². The molecule has 15 heavy (non-hydrogen) atoms. The van der Waals surface area contributed by atoms with Gasteiger partial charge >= 0.3 is 0 Å². The van der Waals surface area contributed by atoms with Crippen molar-refractivity contribution < 1.29 is 0 Å². The van der Waals surface area contributed by atoms with Gasteiger partial charge in [0.1, 0.15) is 0 Å². The van der Waals surface area contributed by atoms with Gasteiger partial charge in [-0.3, -0.25) is 0 Å². The molecule has 0 saturated heterocycles. The largest absolute Gasteiger partial charge is 0.330 e. The van der Waals surface area contributed by atoms with Crippen LogP contribution < -0.4 is 11.5 Å². The summed E-state index contributed by atoms with van der Waals surface area (Å²) in [5.74, 6) is 2.35. The highest BCUT2D eigenvalue weighted by Crippen LogP contribution is 2.21. The van der Waals surface area contributed by atoms with E-state index in [-0.39, 0.29) is 24.8 Å². The minimum absolute atomic E-state index is 0. The van der Waals surface area contributed by atoms with Gasteiger partial charge in [0.15, 0.2) is 0 Å². The Kier molecular flexibility index (Phi) is 29.5. The zero-order valence-electron chi connectivity index (χ0n) is 9.15. The van der Waals surface area contributed by atoms with E-state index < -0.39 is 0 Å². The first-order valence-corrected chi connectivity index (χ1v) is 7.55. The molecule has 0 aromatic carbocycles. The second kappa shape index (κ2) is 20.6. The molecule has 0 fully saturated rings. The molecule has 0 aromatic rings. The molecule has 4 N–H and O–H groups in total. The first-order chi connectivity index (χ1) is 6.41. The zero-order chi connectivity index (χ0) is 9.78. The Morgan fingerprint density at radius 1 is 0.600 bits per heavy atom. The number of unbranched alkanes of at least 4 members (excludes halogenated alkanes) is 4. The Hall–Kier alpha value is 1.20. The fourth-order valence-electron chi connectivity index (χ4n) is 1.00. The van der Waals surface area contributed by atoms with Gasteiger partial charge in [-0.2, -0.15) is 0 Å². The second-order valence-corrected chi connectivity index (χ2v) is 5.69. The minimum Gasteiger partial charge on any atom is -0.330 e. The molecule has 0 atom stereocenters. The molecular weight excluding hydrogens is 271 g/mol. The molecule has 6 heteroatoms. The van der Waals surface area contributed by atoms with Crippen molar-refractivity contribution in [2.24, 2.45) is 11.5 Å². The van der Waals surface area contributed by atoms with Gasteiger partial charge in [-0.25, -0.2) is 0 Å². The van der Waals surface area contributed by atoms with Crippen LogP contribution in [0.4, 0.5) is 0 Å². The van der Waals surface area contributed by atoms with Crippen molar-refractivity contribution in [3.63, 3.8) is 0 Å². The molecule has 2 nitrogen and oxygen atoms in total. The van der Waals surface area contributed by atoms with Gasteiger partial charge in [0.25, 0.3) is 0 Å². The molecule has 0 aliphatic carbocycles. The van der Waals surface area contributed by atoms with Crippen molar-refractivity contribution in [2.45, 2.75) is 32.1 Å². The standard InChI is InChI=1S/C9H22N2S2.2ClH/c10-6-4-2-1-3-5-8-12-13-9-7-11;;/h1-11H2;2*1H. The quantitative estimate of drug-likeness (QED) is 0.480. The predicted molar refractivity (Wildman–Crippen MR) is 80.6 cm³/mol. The normalized spacial score (nSPS) is 9.20. The van der Waals surface area contributed by atoms with Crippen molar-refractivity contribution in [3.05, 3.63) is 0 Å². The first-order valence-electron chi connectivity index (χ1n) is 5.06. The monoisotopic (exact) mass is 294 g/mol. The molecule has 0 spiro atoms. The van der Waals surface area contributed by atoms with Crippen LogP contribution in [0.1, 0.15) is 32.1 Å². The average Bonchev–Trinajstić information content (AvgIpc) is 2.16. The van der Waals surface area contributed by atoms with Gasteiger partial charge in [-0.05, 0) is 19.4 Å². The van der Waals surface area contributed by atoms with E-state index in [2.05, 4.69) is 0 Å². The Labute approximate surface area is 114 Å². The van der Waals surface area contributed by atoms with Crippen LogP contribution in [0.3, 0.4) is 0 Å². The topological polar surface area (TPSA) is 52.0 Å². The molecule has 0 aliphatic heterocycles. The average molecular weight is 295 g/mol. The molecule has 0 aliphatic rings. The summed E-state index contributed by atoms with van der Waals surface area (Å²) >= 11 is 0. The molecule has 0 aromatic heterocycles. The van der Waals surface area contributed by atoms with E-state index in [0.717, 1.165) is 18.8 Å². The van der Waals surface area contributed by atoms with E-state index in [4.69, 9.17) is 11.5 Å². The van der Waals surface area contributed by atoms with Crippen molar-refractivity contribution in [1.82, 2.24) is 0 Å². The fourth-order valence-corrected chi connectivity index (χ4v) is 3.00. The second-order valence-electron chi connectivity index (χ2n) is 2.99. The summed E-state index contributed by atoms with van der Waals surface area (Å²) in [6.45, 7) is 1.65. The van der Waals surface area contributed by atoms with Crippen molar-refractivity contribution in [2.75, 3.05) is 24.6 Å². The third-order valence-electron chi connectivity index (χ3n) is 1.72. The van der Waals surface area contributed by atoms with Crippen LogP contribution in [0.5, 0.6) is 0 Å². The van der Waals surface area contributed by atoms with Crippen LogP contribution in [0.2, 0.25) is 0 Å². The van der Waals surface area contributed by atoms with Crippen LogP contribution in [-0.4, -0.2) is 24.6 Å². The molecular formula is C9H24Cl2N2S2. The maximum absolute atomic E-state index is 5.40. The van der Waals surface area contributed by atoms with E-state index in [0.29, 0.717) is 0 Å². The molecule has 0 amide bonds. The third-order valence-corrected chi connectivity index (χ3v) is 4.24. The molecule has 0 bridgehead atoms.